The number of aliphatic imine (C=N–C) groups is 1. The van der Waals surface area contributed by atoms with Crippen LogP contribution in [0.25, 0.3) is 0 Å². The number of halogens is 1. The molecule has 1 heterocycles. The molecule has 0 bridgehead atoms. The molecule has 0 fully saturated rings. The number of nitrogens with zero attached hydrogens (tertiary/aromatic N) is 1. The van der Waals surface area contributed by atoms with Gasteiger partial charge in [0.05, 0.1) is 10.6 Å². The summed E-state index contributed by atoms with van der Waals surface area (Å²) in [4.78, 5) is 5.33. The average molecular weight is 268 g/mol. The molecule has 0 atom stereocenters. The van der Waals surface area contributed by atoms with E-state index in [2.05, 4.69) is 4.99 Å². The molecular formula is C12H14ClN3S. The Balaban J connectivity index is 0.00000144. The van der Waals surface area contributed by atoms with Gasteiger partial charge in [-0.25, -0.2) is 4.99 Å². The third-order valence-corrected chi connectivity index (χ3v) is 3.09. The summed E-state index contributed by atoms with van der Waals surface area (Å²) in [5, 5.41) is 1.98. The number of hydrogen-bond acceptors (Lipinski definition) is 3. The highest BCUT2D eigenvalue weighted by Gasteiger charge is 1.99. The Hall–Kier alpha value is -1.36. The molecule has 0 amide bonds. The molecule has 0 aliphatic carbocycles. The van der Waals surface area contributed by atoms with Crippen molar-refractivity contribution in [3.05, 3.63) is 52.2 Å². The van der Waals surface area contributed by atoms with Crippen molar-refractivity contribution < 1.29 is 0 Å². The monoisotopic (exact) mass is 267 g/mol. The largest absolute Gasteiger partial charge is 0.383 e. The summed E-state index contributed by atoms with van der Waals surface area (Å²) in [6, 6.07) is 11.7. The number of benzene rings is 1. The molecule has 5 heteroatoms. The van der Waals surface area contributed by atoms with Crippen LogP contribution in [0, 0.1) is 0 Å². The zero-order chi connectivity index (χ0) is 11.4. The van der Waals surface area contributed by atoms with Gasteiger partial charge in [0.2, 0.25) is 0 Å². The zero-order valence-electron chi connectivity index (χ0n) is 9.17. The van der Waals surface area contributed by atoms with E-state index in [1.54, 1.807) is 11.3 Å². The van der Waals surface area contributed by atoms with Gasteiger partial charge in [0.15, 0.2) is 0 Å². The van der Waals surface area contributed by atoms with Crippen LogP contribution in [0.1, 0.15) is 10.4 Å². The zero-order valence-corrected chi connectivity index (χ0v) is 10.8. The molecule has 0 saturated carbocycles. The van der Waals surface area contributed by atoms with E-state index < -0.39 is 0 Å². The van der Waals surface area contributed by atoms with Gasteiger partial charge < -0.3 is 11.5 Å². The topological polar surface area (TPSA) is 64.4 Å². The summed E-state index contributed by atoms with van der Waals surface area (Å²) in [7, 11) is 0. The van der Waals surface area contributed by atoms with Crippen LogP contribution in [0.15, 0.2) is 46.8 Å². The highest BCUT2D eigenvalue weighted by atomic mass is 35.5. The standard InChI is InChI=1S/C12H13N3S.ClH/c13-8-9-3-5-10(6-4-9)15-12(14)11-2-1-7-16-11;/h1-7H,8,13H2,(H2,14,15);1H. The summed E-state index contributed by atoms with van der Waals surface area (Å²) in [6.07, 6.45) is 0. The fraction of sp³-hybridized carbons (Fsp3) is 0.0833. The lowest BCUT2D eigenvalue weighted by atomic mass is 10.2. The number of amidine groups is 1. The highest BCUT2D eigenvalue weighted by Crippen LogP contribution is 2.15. The maximum Gasteiger partial charge on any atom is 0.141 e. The van der Waals surface area contributed by atoms with E-state index in [1.807, 2.05) is 41.8 Å². The van der Waals surface area contributed by atoms with E-state index in [-0.39, 0.29) is 12.4 Å². The molecule has 4 N–H and O–H groups in total. The van der Waals surface area contributed by atoms with Crippen LogP contribution >= 0.6 is 23.7 Å². The van der Waals surface area contributed by atoms with Crippen LogP contribution in [-0.2, 0) is 6.54 Å². The number of thiophene rings is 1. The Kier molecular flexibility index (Phi) is 5.15. The summed E-state index contributed by atoms with van der Waals surface area (Å²) >= 11 is 1.58. The van der Waals surface area contributed by atoms with Crippen LogP contribution < -0.4 is 11.5 Å². The molecule has 0 aliphatic rings. The lowest BCUT2D eigenvalue weighted by molar-refractivity contribution is 1.07. The minimum absolute atomic E-state index is 0. The molecule has 17 heavy (non-hydrogen) atoms. The number of rotatable bonds is 3. The smallest absolute Gasteiger partial charge is 0.141 e. The summed E-state index contributed by atoms with van der Waals surface area (Å²) in [5.74, 6) is 0.551. The number of hydrogen-bond donors (Lipinski definition) is 2. The Morgan fingerprint density at radius 3 is 2.41 bits per heavy atom. The molecule has 0 saturated heterocycles. The van der Waals surface area contributed by atoms with E-state index in [9.17, 15) is 0 Å². The Morgan fingerprint density at radius 1 is 1.18 bits per heavy atom. The van der Waals surface area contributed by atoms with Crippen molar-refractivity contribution in [2.24, 2.45) is 16.5 Å². The average Bonchev–Trinajstić information content (AvgIpc) is 2.83. The SMILES string of the molecule is Cl.NCc1ccc(N=C(N)c2cccs2)cc1. The van der Waals surface area contributed by atoms with E-state index in [1.165, 1.54) is 0 Å². The second-order valence-electron chi connectivity index (χ2n) is 3.34. The van der Waals surface area contributed by atoms with Crippen molar-refractivity contribution in [1.29, 1.82) is 0 Å². The molecule has 0 radical (unpaired) electrons. The third kappa shape index (κ3) is 3.56. The van der Waals surface area contributed by atoms with Gasteiger partial charge in [0.1, 0.15) is 5.84 Å². The van der Waals surface area contributed by atoms with Crippen molar-refractivity contribution in [2.45, 2.75) is 6.54 Å². The van der Waals surface area contributed by atoms with Gasteiger partial charge in [-0.05, 0) is 29.1 Å². The van der Waals surface area contributed by atoms with Crippen LogP contribution in [0.5, 0.6) is 0 Å². The van der Waals surface area contributed by atoms with Gasteiger partial charge in [-0.2, -0.15) is 0 Å². The normalized spacial score (nSPS) is 11.0. The van der Waals surface area contributed by atoms with Crippen molar-refractivity contribution in [2.75, 3.05) is 0 Å². The van der Waals surface area contributed by atoms with E-state index in [0.29, 0.717) is 12.4 Å². The first-order valence-electron chi connectivity index (χ1n) is 4.96. The lowest BCUT2D eigenvalue weighted by Crippen LogP contribution is -2.10. The van der Waals surface area contributed by atoms with Crippen LogP contribution in [0.4, 0.5) is 5.69 Å². The first-order valence-corrected chi connectivity index (χ1v) is 5.84. The second kappa shape index (κ2) is 6.39. The van der Waals surface area contributed by atoms with Gasteiger partial charge in [-0.3, -0.25) is 0 Å². The van der Waals surface area contributed by atoms with Gasteiger partial charge in [-0.1, -0.05) is 18.2 Å². The Bertz CT molecular complexity index is 477. The minimum atomic E-state index is 0. The fourth-order valence-corrected chi connectivity index (χ4v) is 1.95. The molecule has 1 aromatic carbocycles. The van der Waals surface area contributed by atoms with Crippen LogP contribution in [0.3, 0.4) is 0 Å². The third-order valence-electron chi connectivity index (χ3n) is 2.20. The Labute approximate surface area is 111 Å². The van der Waals surface area contributed by atoms with Crippen molar-refractivity contribution >= 4 is 35.3 Å². The van der Waals surface area contributed by atoms with Crippen molar-refractivity contribution in [3.8, 4) is 0 Å². The summed E-state index contributed by atoms with van der Waals surface area (Å²) < 4.78 is 0. The molecule has 2 aromatic rings. The molecule has 0 unspecified atom stereocenters. The van der Waals surface area contributed by atoms with Crippen molar-refractivity contribution in [3.63, 3.8) is 0 Å². The highest BCUT2D eigenvalue weighted by molar-refractivity contribution is 7.12. The lowest BCUT2D eigenvalue weighted by Gasteiger charge is -1.99. The van der Waals surface area contributed by atoms with Gasteiger partial charge >= 0.3 is 0 Å². The predicted octanol–water partition coefficient (Wildman–Crippen LogP) is 2.67. The molecule has 90 valence electrons. The van der Waals surface area contributed by atoms with Gasteiger partial charge in [0.25, 0.3) is 0 Å². The number of nitrogens with two attached hydrogens (primary N) is 2. The van der Waals surface area contributed by atoms with Crippen LogP contribution in [-0.4, -0.2) is 5.84 Å². The molecule has 0 aliphatic heterocycles. The first-order chi connectivity index (χ1) is 7.79. The van der Waals surface area contributed by atoms with E-state index in [4.69, 9.17) is 11.5 Å². The quantitative estimate of drug-likeness (QED) is 0.663. The summed E-state index contributed by atoms with van der Waals surface area (Å²) in [6.45, 7) is 0.546. The molecule has 3 nitrogen and oxygen atoms in total. The van der Waals surface area contributed by atoms with E-state index >= 15 is 0 Å². The molecular weight excluding hydrogens is 254 g/mol. The minimum Gasteiger partial charge on any atom is -0.383 e. The van der Waals surface area contributed by atoms with E-state index in [0.717, 1.165) is 16.1 Å². The maximum atomic E-state index is 5.88. The fourth-order valence-electron chi connectivity index (χ4n) is 1.33. The Morgan fingerprint density at radius 2 is 1.88 bits per heavy atom. The molecule has 1 aromatic heterocycles. The summed E-state index contributed by atoms with van der Waals surface area (Å²) in [5.41, 5.74) is 13.3. The molecule has 0 spiro atoms. The van der Waals surface area contributed by atoms with Crippen molar-refractivity contribution in [1.82, 2.24) is 0 Å². The van der Waals surface area contributed by atoms with Crippen LogP contribution in [0.2, 0.25) is 0 Å². The van der Waals surface area contributed by atoms with Gasteiger partial charge in [-0.15, -0.1) is 23.7 Å². The maximum absolute atomic E-state index is 5.88. The molecule has 2 rings (SSSR count). The second-order valence-corrected chi connectivity index (χ2v) is 4.29. The predicted molar refractivity (Wildman–Crippen MR) is 76.3 cm³/mol. The first kappa shape index (κ1) is 13.7. The van der Waals surface area contributed by atoms with Gasteiger partial charge in [0, 0.05) is 6.54 Å².